The Hall–Kier alpha value is -2.08. The molecule has 0 unspecified atom stereocenters. The third kappa shape index (κ3) is 2.54. The van der Waals surface area contributed by atoms with Gasteiger partial charge in [0, 0.05) is 0 Å². The van der Waals surface area contributed by atoms with E-state index in [1.165, 1.54) is 7.11 Å². The standard InChI is InChI=1S/C10H9ClN4O2/c1-17-10(16)15-14-9-8(11)12-6-4-2-3-5-7(6)13-9/h2-5H,1H3,(H,13,14)(H,15,16). The topological polar surface area (TPSA) is 76.1 Å². The summed E-state index contributed by atoms with van der Waals surface area (Å²) in [5.41, 5.74) is 6.14. The van der Waals surface area contributed by atoms with Crippen LogP contribution in [0.3, 0.4) is 0 Å². The number of fused-ring (bicyclic) bond motifs is 1. The van der Waals surface area contributed by atoms with Crippen molar-refractivity contribution in [2.24, 2.45) is 0 Å². The normalized spacial score (nSPS) is 10.0. The predicted octanol–water partition coefficient (Wildman–Crippen LogP) is 1.97. The Balaban J connectivity index is 2.28. The molecule has 0 fully saturated rings. The van der Waals surface area contributed by atoms with E-state index >= 15 is 0 Å². The number of carbonyl (C=O) groups excluding carboxylic acids is 1. The summed E-state index contributed by atoms with van der Waals surface area (Å²) in [7, 11) is 1.25. The van der Waals surface area contributed by atoms with Gasteiger partial charge in [0.15, 0.2) is 11.0 Å². The van der Waals surface area contributed by atoms with Crippen LogP contribution in [0.15, 0.2) is 24.3 Å². The van der Waals surface area contributed by atoms with Crippen LogP contribution in [-0.2, 0) is 4.74 Å². The minimum atomic E-state index is -0.643. The number of rotatable bonds is 2. The molecule has 2 aromatic rings. The summed E-state index contributed by atoms with van der Waals surface area (Å²) in [5, 5.41) is 0.167. The van der Waals surface area contributed by atoms with Gasteiger partial charge in [-0.2, -0.15) is 0 Å². The molecule has 0 bridgehead atoms. The summed E-state index contributed by atoms with van der Waals surface area (Å²) in [4.78, 5) is 19.2. The zero-order valence-corrected chi connectivity index (χ0v) is 9.65. The first-order valence-corrected chi connectivity index (χ1v) is 5.11. The first-order valence-electron chi connectivity index (χ1n) is 4.73. The summed E-state index contributed by atoms with van der Waals surface area (Å²) in [6.45, 7) is 0. The molecule has 1 aromatic carbocycles. The lowest BCUT2D eigenvalue weighted by atomic mass is 10.3. The number of amides is 1. The van der Waals surface area contributed by atoms with E-state index in [2.05, 4.69) is 25.6 Å². The van der Waals surface area contributed by atoms with Crippen molar-refractivity contribution in [1.82, 2.24) is 15.4 Å². The number of ether oxygens (including phenoxy) is 1. The molecule has 2 N–H and O–H groups in total. The van der Waals surface area contributed by atoms with E-state index in [0.717, 1.165) is 0 Å². The van der Waals surface area contributed by atoms with E-state index in [0.29, 0.717) is 11.0 Å². The van der Waals surface area contributed by atoms with E-state index in [1.54, 1.807) is 12.1 Å². The molecule has 0 aliphatic heterocycles. The first kappa shape index (κ1) is 11.4. The highest BCUT2D eigenvalue weighted by Crippen LogP contribution is 2.20. The maximum atomic E-state index is 10.9. The quantitative estimate of drug-likeness (QED) is 0.799. The van der Waals surface area contributed by atoms with Gasteiger partial charge in [-0.05, 0) is 12.1 Å². The molecule has 2 rings (SSSR count). The van der Waals surface area contributed by atoms with Gasteiger partial charge in [0.1, 0.15) is 0 Å². The Morgan fingerprint density at radius 3 is 2.59 bits per heavy atom. The molecular weight excluding hydrogens is 244 g/mol. The van der Waals surface area contributed by atoms with Crippen LogP contribution in [0.5, 0.6) is 0 Å². The van der Waals surface area contributed by atoms with Crippen molar-refractivity contribution in [3.8, 4) is 0 Å². The average molecular weight is 253 g/mol. The van der Waals surface area contributed by atoms with Gasteiger partial charge in [0.05, 0.1) is 18.1 Å². The zero-order chi connectivity index (χ0) is 12.3. The fourth-order valence-corrected chi connectivity index (χ4v) is 1.40. The first-order chi connectivity index (χ1) is 8.20. The number of carbonyl (C=O) groups is 1. The summed E-state index contributed by atoms with van der Waals surface area (Å²) in [6.07, 6.45) is -0.643. The highest BCUT2D eigenvalue weighted by Gasteiger charge is 2.07. The Bertz CT molecular complexity index is 561. The minimum absolute atomic E-state index is 0.167. The molecule has 0 saturated carbocycles. The molecular formula is C10H9ClN4O2. The molecule has 0 atom stereocenters. The number of hydrogen-bond acceptors (Lipinski definition) is 5. The van der Waals surface area contributed by atoms with Crippen molar-refractivity contribution < 1.29 is 9.53 Å². The van der Waals surface area contributed by atoms with Crippen LogP contribution in [0, 0.1) is 0 Å². The Labute approximate surface area is 102 Å². The molecule has 0 spiro atoms. The number of hydrogen-bond donors (Lipinski definition) is 2. The van der Waals surface area contributed by atoms with E-state index in [9.17, 15) is 4.79 Å². The lowest BCUT2D eigenvalue weighted by molar-refractivity contribution is 0.173. The maximum absolute atomic E-state index is 10.9. The highest BCUT2D eigenvalue weighted by atomic mass is 35.5. The van der Waals surface area contributed by atoms with E-state index in [4.69, 9.17) is 11.6 Å². The number of benzene rings is 1. The van der Waals surface area contributed by atoms with E-state index in [1.807, 2.05) is 12.1 Å². The minimum Gasteiger partial charge on any atom is -0.452 e. The van der Waals surface area contributed by atoms with Gasteiger partial charge in [-0.15, -0.1) is 0 Å². The molecule has 88 valence electrons. The maximum Gasteiger partial charge on any atom is 0.425 e. The molecule has 7 heteroatoms. The van der Waals surface area contributed by atoms with Crippen molar-refractivity contribution in [3.05, 3.63) is 29.4 Å². The van der Waals surface area contributed by atoms with Gasteiger partial charge in [0.25, 0.3) is 0 Å². The number of methoxy groups -OCH3 is 1. The molecule has 6 nitrogen and oxygen atoms in total. The number of hydrazine groups is 1. The van der Waals surface area contributed by atoms with Crippen LogP contribution >= 0.6 is 11.6 Å². The Morgan fingerprint density at radius 2 is 1.94 bits per heavy atom. The van der Waals surface area contributed by atoms with Crippen LogP contribution in [0.2, 0.25) is 5.15 Å². The molecule has 0 aliphatic carbocycles. The third-order valence-electron chi connectivity index (χ3n) is 2.00. The Morgan fingerprint density at radius 1 is 1.29 bits per heavy atom. The second kappa shape index (κ2) is 4.84. The third-order valence-corrected chi connectivity index (χ3v) is 2.26. The summed E-state index contributed by atoms with van der Waals surface area (Å²) >= 11 is 5.90. The number of para-hydroxylation sites is 2. The monoisotopic (exact) mass is 252 g/mol. The predicted molar refractivity (Wildman–Crippen MR) is 63.7 cm³/mol. The van der Waals surface area contributed by atoms with Gasteiger partial charge in [-0.3, -0.25) is 5.43 Å². The fraction of sp³-hybridized carbons (Fsp3) is 0.100. The van der Waals surface area contributed by atoms with Crippen molar-refractivity contribution in [1.29, 1.82) is 0 Å². The highest BCUT2D eigenvalue weighted by molar-refractivity contribution is 6.32. The van der Waals surface area contributed by atoms with Crippen LogP contribution in [-0.4, -0.2) is 23.2 Å². The molecule has 1 amide bonds. The van der Waals surface area contributed by atoms with Gasteiger partial charge in [0.2, 0.25) is 0 Å². The average Bonchev–Trinajstić information content (AvgIpc) is 2.35. The van der Waals surface area contributed by atoms with Crippen LogP contribution in [0.25, 0.3) is 11.0 Å². The molecule has 0 saturated heterocycles. The van der Waals surface area contributed by atoms with Gasteiger partial charge in [-0.1, -0.05) is 23.7 Å². The van der Waals surface area contributed by atoms with E-state index < -0.39 is 6.09 Å². The molecule has 0 radical (unpaired) electrons. The number of nitrogens with zero attached hydrogens (tertiary/aromatic N) is 2. The summed E-state index contributed by atoms with van der Waals surface area (Å²) in [6, 6.07) is 7.27. The fourth-order valence-electron chi connectivity index (χ4n) is 1.22. The summed E-state index contributed by atoms with van der Waals surface area (Å²) in [5.74, 6) is 0.260. The van der Waals surface area contributed by atoms with Crippen molar-refractivity contribution in [3.63, 3.8) is 0 Å². The van der Waals surface area contributed by atoms with E-state index in [-0.39, 0.29) is 11.0 Å². The SMILES string of the molecule is COC(=O)NNc1nc2ccccc2nc1Cl. The zero-order valence-electron chi connectivity index (χ0n) is 8.90. The molecule has 0 aliphatic rings. The smallest absolute Gasteiger partial charge is 0.425 e. The van der Waals surface area contributed by atoms with Crippen LogP contribution in [0.1, 0.15) is 0 Å². The van der Waals surface area contributed by atoms with Crippen molar-refractivity contribution in [2.75, 3.05) is 12.5 Å². The molecule has 1 heterocycles. The summed E-state index contributed by atoms with van der Waals surface area (Å²) < 4.78 is 4.40. The van der Waals surface area contributed by atoms with Crippen molar-refractivity contribution in [2.45, 2.75) is 0 Å². The van der Waals surface area contributed by atoms with Gasteiger partial charge >= 0.3 is 6.09 Å². The number of halogens is 1. The van der Waals surface area contributed by atoms with Gasteiger partial charge in [-0.25, -0.2) is 20.2 Å². The second-order valence-corrected chi connectivity index (χ2v) is 3.45. The largest absolute Gasteiger partial charge is 0.452 e. The van der Waals surface area contributed by atoms with Crippen LogP contribution in [0.4, 0.5) is 10.6 Å². The molecule has 17 heavy (non-hydrogen) atoms. The lowest BCUT2D eigenvalue weighted by Gasteiger charge is -2.08. The number of aromatic nitrogens is 2. The second-order valence-electron chi connectivity index (χ2n) is 3.09. The van der Waals surface area contributed by atoms with Crippen LogP contribution < -0.4 is 10.9 Å². The molecule has 1 aromatic heterocycles. The van der Waals surface area contributed by atoms with Crippen molar-refractivity contribution >= 4 is 34.5 Å². The number of nitrogens with one attached hydrogen (secondary N) is 2. The number of anilines is 1. The van der Waals surface area contributed by atoms with Gasteiger partial charge < -0.3 is 4.74 Å². The Kier molecular flexibility index (Phi) is 3.24. The lowest BCUT2D eigenvalue weighted by Crippen LogP contribution is -2.29.